The van der Waals surface area contributed by atoms with Crippen molar-refractivity contribution in [3.8, 4) is 11.8 Å². The van der Waals surface area contributed by atoms with Crippen molar-refractivity contribution in [1.82, 2.24) is 0 Å². The number of hydrogen-bond donors (Lipinski definition) is 0. The van der Waals surface area contributed by atoms with Crippen LogP contribution in [-0.4, -0.2) is 7.11 Å². The molecule has 2 heteroatoms. The number of nitrogens with zero attached hydrogens (tertiary/aromatic N) is 1. The van der Waals surface area contributed by atoms with Crippen molar-refractivity contribution in [3.05, 3.63) is 28.3 Å². The highest BCUT2D eigenvalue weighted by atomic mass is 16.5. The zero-order chi connectivity index (χ0) is 11.9. The number of methoxy groups -OCH3 is 1. The molecule has 1 aromatic rings. The molecule has 0 N–H and O–H groups in total. The molecule has 1 aromatic carbocycles. The Kier molecular flexibility index (Phi) is 2.42. The number of aryl methyl sites for hydroxylation is 2. The summed E-state index contributed by atoms with van der Waals surface area (Å²) in [6, 6.07) is 4.61. The molecule has 0 saturated heterocycles. The lowest BCUT2D eigenvalue weighted by molar-refractivity contribution is 0.403. The van der Waals surface area contributed by atoms with Gasteiger partial charge in [0.1, 0.15) is 5.75 Å². The summed E-state index contributed by atoms with van der Waals surface area (Å²) in [7, 11) is 1.69. The number of rotatable bonds is 2. The van der Waals surface area contributed by atoms with Gasteiger partial charge in [0, 0.05) is 5.56 Å². The van der Waals surface area contributed by atoms with Gasteiger partial charge in [0.05, 0.1) is 18.6 Å². The lowest BCUT2D eigenvalue weighted by Crippen LogP contribution is -2.10. The summed E-state index contributed by atoms with van der Waals surface area (Å²) in [4.78, 5) is 0. The second kappa shape index (κ2) is 3.52. The van der Waals surface area contributed by atoms with Crippen LogP contribution in [0.1, 0.15) is 35.1 Å². The minimum atomic E-state index is -0.270. The molecule has 0 amide bonds. The Bertz CT molecular complexity index is 478. The molecule has 84 valence electrons. The fourth-order valence-electron chi connectivity index (χ4n) is 2.44. The third-order valence-electron chi connectivity index (χ3n) is 3.63. The van der Waals surface area contributed by atoms with E-state index in [4.69, 9.17) is 4.74 Å². The number of ether oxygens (including phenoxy) is 1. The SMILES string of the molecule is COc1c(C)c(C)cc(C)c1C1(C#N)CC1. The Morgan fingerprint density at radius 2 is 1.88 bits per heavy atom. The summed E-state index contributed by atoms with van der Waals surface area (Å²) in [6.45, 7) is 6.22. The molecule has 0 bridgehead atoms. The molecule has 0 spiro atoms. The van der Waals surface area contributed by atoms with Crippen LogP contribution in [0.2, 0.25) is 0 Å². The van der Waals surface area contributed by atoms with Gasteiger partial charge in [-0.15, -0.1) is 0 Å². The maximum atomic E-state index is 9.31. The van der Waals surface area contributed by atoms with Crippen LogP contribution in [0.4, 0.5) is 0 Å². The Morgan fingerprint density at radius 3 is 2.31 bits per heavy atom. The van der Waals surface area contributed by atoms with E-state index >= 15 is 0 Å². The van der Waals surface area contributed by atoms with Crippen molar-refractivity contribution in [1.29, 1.82) is 5.26 Å². The third-order valence-corrected chi connectivity index (χ3v) is 3.63. The zero-order valence-electron chi connectivity index (χ0n) is 10.3. The fourth-order valence-corrected chi connectivity index (χ4v) is 2.44. The number of nitriles is 1. The maximum absolute atomic E-state index is 9.31. The van der Waals surface area contributed by atoms with Crippen molar-refractivity contribution in [3.63, 3.8) is 0 Å². The summed E-state index contributed by atoms with van der Waals surface area (Å²) < 4.78 is 5.51. The molecule has 1 fully saturated rings. The van der Waals surface area contributed by atoms with Crippen LogP contribution in [-0.2, 0) is 5.41 Å². The fraction of sp³-hybridized carbons (Fsp3) is 0.500. The maximum Gasteiger partial charge on any atom is 0.127 e. The number of hydrogen-bond acceptors (Lipinski definition) is 2. The minimum absolute atomic E-state index is 0.270. The minimum Gasteiger partial charge on any atom is -0.496 e. The van der Waals surface area contributed by atoms with Crippen molar-refractivity contribution < 1.29 is 4.74 Å². The van der Waals surface area contributed by atoms with E-state index in [1.54, 1.807) is 7.11 Å². The van der Waals surface area contributed by atoms with Gasteiger partial charge >= 0.3 is 0 Å². The van der Waals surface area contributed by atoms with E-state index in [0.29, 0.717) is 0 Å². The molecule has 0 radical (unpaired) electrons. The van der Waals surface area contributed by atoms with Gasteiger partial charge < -0.3 is 4.74 Å². The summed E-state index contributed by atoms with van der Waals surface area (Å²) in [5.41, 5.74) is 4.41. The average molecular weight is 215 g/mol. The molecular weight excluding hydrogens is 198 g/mol. The first-order valence-corrected chi connectivity index (χ1v) is 5.62. The van der Waals surface area contributed by atoms with E-state index < -0.39 is 0 Å². The second-order valence-electron chi connectivity index (χ2n) is 4.74. The van der Waals surface area contributed by atoms with Gasteiger partial charge in [0.25, 0.3) is 0 Å². The molecule has 16 heavy (non-hydrogen) atoms. The standard InChI is InChI=1S/C14H17NO/c1-9-7-10(2)12(13(16-4)11(9)3)14(8-15)5-6-14/h7H,5-6H2,1-4H3. The molecule has 0 aliphatic heterocycles. The van der Waals surface area contributed by atoms with Crippen LogP contribution < -0.4 is 4.74 Å². The molecule has 1 saturated carbocycles. The third kappa shape index (κ3) is 1.39. The highest BCUT2D eigenvalue weighted by Crippen LogP contribution is 2.53. The first kappa shape index (κ1) is 11.0. The largest absolute Gasteiger partial charge is 0.496 e. The van der Waals surface area contributed by atoms with Crippen LogP contribution in [0.25, 0.3) is 0 Å². The van der Waals surface area contributed by atoms with E-state index in [2.05, 4.69) is 32.9 Å². The Hall–Kier alpha value is -1.49. The highest BCUT2D eigenvalue weighted by Gasteiger charge is 2.48. The van der Waals surface area contributed by atoms with Gasteiger partial charge in [-0.3, -0.25) is 0 Å². The summed E-state index contributed by atoms with van der Waals surface area (Å²) in [5.74, 6) is 0.913. The van der Waals surface area contributed by atoms with Gasteiger partial charge in [-0.25, -0.2) is 0 Å². The normalized spacial score (nSPS) is 16.7. The predicted octanol–water partition coefficient (Wildman–Crippen LogP) is 3.18. The smallest absolute Gasteiger partial charge is 0.127 e. The van der Waals surface area contributed by atoms with E-state index in [1.807, 2.05) is 0 Å². The van der Waals surface area contributed by atoms with Gasteiger partial charge in [-0.1, -0.05) is 6.07 Å². The van der Waals surface area contributed by atoms with Crippen LogP contribution in [0.15, 0.2) is 6.07 Å². The molecule has 2 rings (SSSR count). The van der Waals surface area contributed by atoms with E-state index in [-0.39, 0.29) is 5.41 Å². The van der Waals surface area contributed by atoms with Crippen LogP contribution in [0, 0.1) is 32.1 Å². The molecule has 0 atom stereocenters. The topological polar surface area (TPSA) is 33.0 Å². The molecule has 2 nitrogen and oxygen atoms in total. The second-order valence-corrected chi connectivity index (χ2v) is 4.74. The van der Waals surface area contributed by atoms with E-state index in [9.17, 15) is 5.26 Å². The summed E-state index contributed by atoms with van der Waals surface area (Å²) >= 11 is 0. The van der Waals surface area contributed by atoms with Crippen molar-refractivity contribution in [2.24, 2.45) is 0 Å². The van der Waals surface area contributed by atoms with Gasteiger partial charge in [0.2, 0.25) is 0 Å². The van der Waals surface area contributed by atoms with Crippen LogP contribution in [0.5, 0.6) is 5.75 Å². The Labute approximate surface area is 96.9 Å². The molecule has 1 aliphatic carbocycles. The Morgan fingerprint density at radius 1 is 1.25 bits per heavy atom. The molecule has 0 aromatic heterocycles. The lowest BCUT2D eigenvalue weighted by Gasteiger charge is -2.19. The van der Waals surface area contributed by atoms with Crippen LogP contribution in [0.3, 0.4) is 0 Å². The number of benzene rings is 1. The summed E-state index contributed by atoms with van der Waals surface area (Å²) in [5, 5.41) is 9.31. The molecule has 0 unspecified atom stereocenters. The Balaban J connectivity index is 2.70. The van der Waals surface area contributed by atoms with Crippen LogP contribution >= 0.6 is 0 Å². The van der Waals surface area contributed by atoms with Gasteiger partial charge in [0.15, 0.2) is 0 Å². The van der Waals surface area contributed by atoms with Crippen molar-refractivity contribution in [2.45, 2.75) is 39.0 Å². The molecular formula is C14H17NO. The van der Waals surface area contributed by atoms with Gasteiger partial charge in [-0.2, -0.15) is 5.26 Å². The monoisotopic (exact) mass is 215 g/mol. The quantitative estimate of drug-likeness (QED) is 0.759. The summed E-state index contributed by atoms with van der Waals surface area (Å²) in [6.07, 6.45) is 1.92. The van der Waals surface area contributed by atoms with E-state index in [0.717, 1.165) is 29.7 Å². The first-order valence-electron chi connectivity index (χ1n) is 5.62. The molecule has 1 aliphatic rings. The van der Waals surface area contributed by atoms with Gasteiger partial charge in [-0.05, 0) is 50.3 Å². The predicted molar refractivity (Wildman–Crippen MR) is 63.7 cm³/mol. The van der Waals surface area contributed by atoms with Crippen molar-refractivity contribution >= 4 is 0 Å². The molecule has 0 heterocycles. The average Bonchev–Trinajstić information content (AvgIpc) is 3.03. The zero-order valence-corrected chi connectivity index (χ0v) is 10.3. The highest BCUT2D eigenvalue weighted by molar-refractivity contribution is 5.57. The lowest BCUT2D eigenvalue weighted by atomic mass is 9.88. The van der Waals surface area contributed by atoms with E-state index in [1.165, 1.54) is 11.1 Å². The first-order chi connectivity index (χ1) is 7.55. The van der Waals surface area contributed by atoms with Crippen molar-refractivity contribution in [2.75, 3.05) is 7.11 Å².